The maximum absolute atomic E-state index is 6.12. The Bertz CT molecular complexity index is 588. The molecule has 2 aromatic rings. The summed E-state index contributed by atoms with van der Waals surface area (Å²) in [5.74, 6) is 1.43. The molecule has 0 saturated carbocycles. The maximum Gasteiger partial charge on any atom is 0.136 e. The third-order valence-corrected chi connectivity index (χ3v) is 3.24. The van der Waals surface area contributed by atoms with Crippen LogP contribution in [0.4, 0.5) is 0 Å². The Balaban J connectivity index is 2.61. The topological polar surface area (TPSA) is 44.2 Å². The molecule has 4 nitrogen and oxygen atoms in total. The van der Waals surface area contributed by atoms with Gasteiger partial charge < -0.3 is 9.47 Å². The molecule has 0 N–H and O–H groups in total. The number of ether oxygens (including phenoxy) is 2. The largest absolute Gasteiger partial charge is 0.497 e. The van der Waals surface area contributed by atoms with Crippen LogP contribution in [0.2, 0.25) is 5.15 Å². The molecule has 0 saturated heterocycles. The van der Waals surface area contributed by atoms with E-state index >= 15 is 0 Å². The van der Waals surface area contributed by atoms with E-state index in [4.69, 9.17) is 21.1 Å². The minimum atomic E-state index is 0.477. The molecule has 0 spiro atoms. The summed E-state index contributed by atoms with van der Waals surface area (Å²) in [6.45, 7) is 2.02. The Kier molecular flexibility index (Phi) is 4.22. The number of aromatic nitrogens is 2. The van der Waals surface area contributed by atoms with Crippen LogP contribution in [-0.2, 0) is 6.42 Å². The highest BCUT2D eigenvalue weighted by atomic mass is 35.5. The summed E-state index contributed by atoms with van der Waals surface area (Å²) in [5, 5.41) is 0.477. The lowest BCUT2D eigenvalue weighted by Gasteiger charge is -2.13. The molecular formula is C14H15ClN2O2. The van der Waals surface area contributed by atoms with Crippen molar-refractivity contribution in [1.29, 1.82) is 0 Å². The Morgan fingerprint density at radius 2 is 1.95 bits per heavy atom. The second kappa shape index (κ2) is 5.89. The highest BCUT2D eigenvalue weighted by Crippen LogP contribution is 2.35. The van der Waals surface area contributed by atoms with Gasteiger partial charge in [0.25, 0.3) is 0 Å². The molecule has 1 heterocycles. The molecule has 0 aliphatic rings. The Morgan fingerprint density at radius 3 is 2.58 bits per heavy atom. The minimum Gasteiger partial charge on any atom is -0.497 e. The van der Waals surface area contributed by atoms with Crippen molar-refractivity contribution in [1.82, 2.24) is 9.97 Å². The number of halogens is 1. The van der Waals surface area contributed by atoms with Crippen LogP contribution < -0.4 is 9.47 Å². The van der Waals surface area contributed by atoms with Crippen LogP contribution in [0, 0.1) is 0 Å². The van der Waals surface area contributed by atoms with Crippen LogP contribution in [0.1, 0.15) is 12.5 Å². The molecule has 19 heavy (non-hydrogen) atoms. The molecule has 5 heteroatoms. The first-order chi connectivity index (χ1) is 9.21. The first kappa shape index (κ1) is 13.6. The standard InChI is InChI=1S/C14H15ClN2O2/c1-4-10-13(16-8-17-14(10)15)11-6-5-9(18-2)7-12(11)19-3/h5-8H,4H2,1-3H3. The van der Waals surface area contributed by atoms with Crippen molar-refractivity contribution >= 4 is 11.6 Å². The van der Waals surface area contributed by atoms with Gasteiger partial charge in [-0.05, 0) is 18.6 Å². The van der Waals surface area contributed by atoms with E-state index in [0.717, 1.165) is 29.0 Å². The summed E-state index contributed by atoms with van der Waals surface area (Å²) in [7, 11) is 3.24. The van der Waals surface area contributed by atoms with Crippen LogP contribution in [0.25, 0.3) is 11.3 Å². The van der Waals surface area contributed by atoms with Crippen molar-refractivity contribution in [2.75, 3.05) is 14.2 Å². The number of rotatable bonds is 4. The number of benzene rings is 1. The van der Waals surface area contributed by atoms with Crippen molar-refractivity contribution in [3.8, 4) is 22.8 Å². The van der Waals surface area contributed by atoms with E-state index in [1.165, 1.54) is 6.33 Å². The van der Waals surface area contributed by atoms with Crippen molar-refractivity contribution in [2.24, 2.45) is 0 Å². The van der Waals surface area contributed by atoms with Gasteiger partial charge in [0, 0.05) is 17.2 Å². The highest BCUT2D eigenvalue weighted by molar-refractivity contribution is 6.30. The lowest BCUT2D eigenvalue weighted by Crippen LogP contribution is -1.98. The summed E-state index contributed by atoms with van der Waals surface area (Å²) in [4.78, 5) is 8.34. The number of hydrogen-bond acceptors (Lipinski definition) is 4. The van der Waals surface area contributed by atoms with Gasteiger partial charge in [-0.3, -0.25) is 0 Å². The smallest absolute Gasteiger partial charge is 0.136 e. The van der Waals surface area contributed by atoms with E-state index in [2.05, 4.69) is 9.97 Å². The molecule has 0 bridgehead atoms. The maximum atomic E-state index is 6.12. The molecule has 0 amide bonds. The molecule has 1 aromatic heterocycles. The molecule has 0 fully saturated rings. The second-order valence-electron chi connectivity index (χ2n) is 3.91. The monoisotopic (exact) mass is 278 g/mol. The first-order valence-corrected chi connectivity index (χ1v) is 6.30. The minimum absolute atomic E-state index is 0.477. The lowest BCUT2D eigenvalue weighted by atomic mass is 10.0. The van der Waals surface area contributed by atoms with Gasteiger partial charge in [-0.15, -0.1) is 0 Å². The summed E-state index contributed by atoms with van der Waals surface area (Å²) >= 11 is 6.12. The number of nitrogens with zero attached hydrogens (tertiary/aromatic N) is 2. The normalized spacial score (nSPS) is 10.3. The van der Waals surface area contributed by atoms with Gasteiger partial charge in [-0.2, -0.15) is 0 Å². The zero-order chi connectivity index (χ0) is 13.8. The summed E-state index contributed by atoms with van der Waals surface area (Å²) < 4.78 is 10.6. The summed E-state index contributed by atoms with van der Waals surface area (Å²) in [5.41, 5.74) is 2.58. The quantitative estimate of drug-likeness (QED) is 0.804. The lowest BCUT2D eigenvalue weighted by molar-refractivity contribution is 0.395. The highest BCUT2D eigenvalue weighted by Gasteiger charge is 2.14. The molecule has 0 aliphatic heterocycles. The summed E-state index contributed by atoms with van der Waals surface area (Å²) in [6.07, 6.45) is 2.21. The van der Waals surface area contributed by atoms with Gasteiger partial charge in [0.05, 0.1) is 19.9 Å². The summed E-state index contributed by atoms with van der Waals surface area (Å²) in [6, 6.07) is 5.60. The Hall–Kier alpha value is -1.81. The third-order valence-electron chi connectivity index (χ3n) is 2.91. The molecule has 2 rings (SSSR count). The SMILES string of the molecule is CCc1c(Cl)ncnc1-c1ccc(OC)cc1OC. The van der Waals surface area contributed by atoms with Crippen molar-refractivity contribution in [3.05, 3.63) is 35.2 Å². The zero-order valence-corrected chi connectivity index (χ0v) is 11.9. The van der Waals surface area contributed by atoms with E-state index in [1.807, 2.05) is 25.1 Å². The van der Waals surface area contributed by atoms with Crippen molar-refractivity contribution in [2.45, 2.75) is 13.3 Å². The van der Waals surface area contributed by atoms with Gasteiger partial charge in [-0.25, -0.2) is 9.97 Å². The number of hydrogen-bond donors (Lipinski definition) is 0. The van der Waals surface area contributed by atoms with E-state index in [9.17, 15) is 0 Å². The molecule has 0 aliphatic carbocycles. The fraction of sp³-hybridized carbons (Fsp3) is 0.286. The zero-order valence-electron chi connectivity index (χ0n) is 11.1. The first-order valence-electron chi connectivity index (χ1n) is 5.93. The predicted octanol–water partition coefficient (Wildman–Crippen LogP) is 3.38. The molecule has 0 unspecified atom stereocenters. The van der Waals surface area contributed by atoms with E-state index in [0.29, 0.717) is 10.9 Å². The van der Waals surface area contributed by atoms with Gasteiger partial charge in [0.2, 0.25) is 0 Å². The van der Waals surface area contributed by atoms with Crippen LogP contribution in [0.15, 0.2) is 24.5 Å². The Morgan fingerprint density at radius 1 is 1.16 bits per heavy atom. The fourth-order valence-corrected chi connectivity index (χ4v) is 2.20. The molecular weight excluding hydrogens is 264 g/mol. The van der Waals surface area contributed by atoms with Crippen molar-refractivity contribution in [3.63, 3.8) is 0 Å². The number of methoxy groups -OCH3 is 2. The van der Waals surface area contributed by atoms with Crippen LogP contribution in [0.5, 0.6) is 11.5 Å². The van der Waals surface area contributed by atoms with Gasteiger partial charge >= 0.3 is 0 Å². The third kappa shape index (κ3) is 2.63. The van der Waals surface area contributed by atoms with E-state index in [1.54, 1.807) is 14.2 Å². The fourth-order valence-electron chi connectivity index (χ4n) is 1.93. The predicted molar refractivity (Wildman–Crippen MR) is 75.0 cm³/mol. The van der Waals surface area contributed by atoms with Crippen LogP contribution in [0.3, 0.4) is 0 Å². The van der Waals surface area contributed by atoms with Crippen molar-refractivity contribution < 1.29 is 9.47 Å². The molecule has 1 aromatic carbocycles. The Labute approximate surface area is 117 Å². The average molecular weight is 279 g/mol. The van der Waals surface area contributed by atoms with E-state index < -0.39 is 0 Å². The van der Waals surface area contributed by atoms with E-state index in [-0.39, 0.29) is 0 Å². The molecule has 100 valence electrons. The van der Waals surface area contributed by atoms with Crippen LogP contribution >= 0.6 is 11.6 Å². The van der Waals surface area contributed by atoms with Gasteiger partial charge in [0.1, 0.15) is 23.0 Å². The van der Waals surface area contributed by atoms with Gasteiger partial charge in [-0.1, -0.05) is 18.5 Å². The second-order valence-corrected chi connectivity index (χ2v) is 4.27. The molecule has 0 atom stereocenters. The average Bonchev–Trinajstić information content (AvgIpc) is 2.46. The van der Waals surface area contributed by atoms with Gasteiger partial charge in [0.15, 0.2) is 0 Å². The van der Waals surface area contributed by atoms with Crippen LogP contribution in [-0.4, -0.2) is 24.2 Å². The molecule has 0 radical (unpaired) electrons.